The molecule has 6 nitrogen and oxygen atoms in total. The third kappa shape index (κ3) is 3.52. The normalized spacial score (nSPS) is 12.1. The Morgan fingerprint density at radius 3 is 2.44 bits per heavy atom. The summed E-state index contributed by atoms with van der Waals surface area (Å²) in [5.74, 6) is -0.458. The third-order valence-electron chi connectivity index (χ3n) is 4.28. The maximum atomic E-state index is 12.3. The number of rotatable bonds is 6. The van der Waals surface area contributed by atoms with Crippen molar-refractivity contribution in [1.82, 2.24) is 0 Å². The summed E-state index contributed by atoms with van der Waals surface area (Å²) in [7, 11) is 0. The molecule has 1 heterocycles. The number of carbonyl (C=O) groups excluding carboxylic acids is 1. The lowest BCUT2D eigenvalue weighted by Gasteiger charge is -2.11. The number of carbonyl (C=O) groups is 1. The highest BCUT2D eigenvalue weighted by Gasteiger charge is 2.20. The zero-order valence-electron chi connectivity index (χ0n) is 15.0. The Labute approximate surface area is 155 Å². The van der Waals surface area contributed by atoms with Crippen LogP contribution >= 0.6 is 0 Å². The highest BCUT2D eigenvalue weighted by atomic mass is 16.5. The smallest absolute Gasteiger partial charge is 0.349 e. The van der Waals surface area contributed by atoms with E-state index in [2.05, 4.69) is 0 Å². The van der Waals surface area contributed by atoms with Crippen LogP contribution in [0.15, 0.2) is 57.7 Å². The van der Waals surface area contributed by atoms with E-state index in [1.54, 1.807) is 55.5 Å². The fraction of sp³-hybridized carbons (Fsp3) is 0.190. The van der Waals surface area contributed by atoms with E-state index in [-0.39, 0.29) is 28.4 Å². The Morgan fingerprint density at radius 1 is 1.15 bits per heavy atom. The summed E-state index contributed by atoms with van der Waals surface area (Å²) in [5, 5.41) is 19.1. The molecule has 27 heavy (non-hydrogen) atoms. The van der Waals surface area contributed by atoms with E-state index < -0.39 is 11.7 Å². The largest absolute Gasteiger partial charge is 0.506 e. The molecule has 0 aliphatic heterocycles. The minimum Gasteiger partial charge on any atom is -0.506 e. The number of Topliss-reactive ketones (excluding diaryl/α,β-unsaturated/α-hetero) is 1. The van der Waals surface area contributed by atoms with Crippen LogP contribution in [0.1, 0.15) is 35.3 Å². The van der Waals surface area contributed by atoms with Gasteiger partial charge in [-0.15, -0.1) is 0 Å². The van der Waals surface area contributed by atoms with Crippen LogP contribution in [-0.4, -0.2) is 29.3 Å². The summed E-state index contributed by atoms with van der Waals surface area (Å²) in [6.07, 6.45) is -0.558. The molecule has 1 unspecified atom stereocenters. The van der Waals surface area contributed by atoms with E-state index in [4.69, 9.17) is 14.6 Å². The second-order valence-corrected chi connectivity index (χ2v) is 6.02. The Morgan fingerprint density at radius 2 is 1.78 bits per heavy atom. The molecule has 0 saturated carbocycles. The van der Waals surface area contributed by atoms with Gasteiger partial charge < -0.3 is 14.3 Å². The van der Waals surface area contributed by atoms with Gasteiger partial charge in [-0.05, 0) is 26.0 Å². The van der Waals surface area contributed by atoms with Crippen LogP contribution in [0.5, 0.6) is 5.75 Å². The number of nitrogens with one attached hydrogen (secondary N) is 1. The number of hydrogen-bond donors (Lipinski definition) is 2. The average Bonchev–Trinajstić information content (AvgIpc) is 2.67. The van der Waals surface area contributed by atoms with Gasteiger partial charge in [0.25, 0.3) is 0 Å². The van der Waals surface area contributed by atoms with Crippen molar-refractivity contribution in [2.24, 2.45) is 0 Å². The van der Waals surface area contributed by atoms with Crippen molar-refractivity contribution in [3.05, 3.63) is 75.6 Å². The fourth-order valence-electron chi connectivity index (χ4n) is 2.86. The number of ether oxygens (including phenoxy) is 1. The van der Waals surface area contributed by atoms with Crippen LogP contribution in [0, 0.1) is 5.41 Å². The Kier molecular flexibility index (Phi) is 5.19. The second kappa shape index (κ2) is 7.55. The van der Waals surface area contributed by atoms with Crippen molar-refractivity contribution in [3.8, 4) is 5.75 Å². The van der Waals surface area contributed by atoms with Crippen LogP contribution in [0.3, 0.4) is 0 Å². The predicted molar refractivity (Wildman–Crippen MR) is 102 cm³/mol. The molecule has 0 radical (unpaired) electrons. The molecule has 0 aliphatic rings. The predicted octanol–water partition coefficient (Wildman–Crippen LogP) is 3.52. The van der Waals surface area contributed by atoms with Gasteiger partial charge in [-0.25, -0.2) is 4.79 Å². The molecule has 1 atom stereocenters. The minimum absolute atomic E-state index is 0.164. The maximum Gasteiger partial charge on any atom is 0.349 e. The van der Waals surface area contributed by atoms with Crippen molar-refractivity contribution in [2.45, 2.75) is 20.0 Å². The number of benzene rings is 2. The molecule has 0 spiro atoms. The lowest BCUT2D eigenvalue weighted by atomic mass is 9.99. The molecule has 0 amide bonds. The molecule has 2 aromatic carbocycles. The summed E-state index contributed by atoms with van der Waals surface area (Å²) < 4.78 is 10.5. The van der Waals surface area contributed by atoms with Crippen molar-refractivity contribution in [2.75, 3.05) is 6.61 Å². The van der Waals surface area contributed by atoms with E-state index in [1.165, 1.54) is 0 Å². The monoisotopic (exact) mass is 365 g/mol. The summed E-state index contributed by atoms with van der Waals surface area (Å²) in [6.45, 7) is 3.93. The summed E-state index contributed by atoms with van der Waals surface area (Å²) in [5.41, 5.74) is -0.0983. The molecule has 0 saturated heterocycles. The standard InChI is InChI=1S/C21H19NO5/c1-3-26-12(2)19(23)14-10-8-13(9-11-14)18(22)17-20(24)15-6-4-5-7-16(15)27-21(17)25/h4-12,22,24H,3H2,1-2H3. The summed E-state index contributed by atoms with van der Waals surface area (Å²) in [4.78, 5) is 24.5. The van der Waals surface area contributed by atoms with Gasteiger partial charge in [0.15, 0.2) is 5.78 Å². The van der Waals surface area contributed by atoms with Crippen LogP contribution in [0.25, 0.3) is 11.0 Å². The highest BCUT2D eigenvalue weighted by molar-refractivity contribution is 6.14. The molecule has 138 valence electrons. The van der Waals surface area contributed by atoms with Crippen molar-refractivity contribution in [1.29, 1.82) is 5.41 Å². The first kappa shape index (κ1) is 18.5. The molecule has 1 aromatic heterocycles. The first-order valence-corrected chi connectivity index (χ1v) is 8.54. The number of aromatic hydroxyl groups is 1. The van der Waals surface area contributed by atoms with E-state index in [0.29, 0.717) is 23.1 Å². The number of fused-ring (bicyclic) bond motifs is 1. The zero-order chi connectivity index (χ0) is 19.6. The van der Waals surface area contributed by atoms with Gasteiger partial charge in [0, 0.05) is 17.7 Å². The van der Waals surface area contributed by atoms with Crippen LogP contribution in [0.4, 0.5) is 0 Å². The van der Waals surface area contributed by atoms with Gasteiger partial charge in [0.2, 0.25) is 0 Å². The second-order valence-electron chi connectivity index (χ2n) is 6.02. The lowest BCUT2D eigenvalue weighted by molar-refractivity contribution is 0.0520. The Balaban J connectivity index is 1.96. The molecular formula is C21H19NO5. The number of para-hydroxylation sites is 1. The quantitative estimate of drug-likeness (QED) is 0.395. The molecule has 0 aliphatic carbocycles. The minimum atomic E-state index is -0.790. The molecule has 2 N–H and O–H groups in total. The Bertz CT molecular complexity index is 1070. The third-order valence-corrected chi connectivity index (χ3v) is 4.28. The first-order chi connectivity index (χ1) is 12.9. The highest BCUT2D eigenvalue weighted by Crippen LogP contribution is 2.27. The van der Waals surface area contributed by atoms with Crippen LogP contribution < -0.4 is 5.63 Å². The molecule has 6 heteroatoms. The van der Waals surface area contributed by atoms with Crippen molar-refractivity contribution < 1.29 is 19.1 Å². The van der Waals surface area contributed by atoms with E-state index in [0.717, 1.165) is 0 Å². The number of ketones is 1. The SMILES string of the molecule is CCOC(C)C(=O)c1ccc(C(=N)c2c(O)c3ccccc3oc2=O)cc1. The van der Waals surface area contributed by atoms with Crippen molar-refractivity contribution >= 4 is 22.5 Å². The van der Waals surface area contributed by atoms with E-state index in [1.807, 2.05) is 6.92 Å². The summed E-state index contributed by atoms with van der Waals surface area (Å²) >= 11 is 0. The van der Waals surface area contributed by atoms with Gasteiger partial charge in [-0.2, -0.15) is 0 Å². The maximum absolute atomic E-state index is 12.3. The van der Waals surface area contributed by atoms with Gasteiger partial charge in [0.1, 0.15) is 23.0 Å². The van der Waals surface area contributed by atoms with Crippen LogP contribution in [-0.2, 0) is 4.74 Å². The molecule has 3 aromatic rings. The molecular weight excluding hydrogens is 346 g/mol. The van der Waals surface area contributed by atoms with Crippen molar-refractivity contribution in [3.63, 3.8) is 0 Å². The summed E-state index contributed by atoms with van der Waals surface area (Å²) in [6, 6.07) is 12.8. The fourth-order valence-corrected chi connectivity index (χ4v) is 2.86. The average molecular weight is 365 g/mol. The topological polar surface area (TPSA) is 101 Å². The van der Waals surface area contributed by atoms with E-state index >= 15 is 0 Å². The zero-order valence-corrected chi connectivity index (χ0v) is 15.0. The van der Waals surface area contributed by atoms with Crippen LogP contribution in [0.2, 0.25) is 0 Å². The molecule has 0 bridgehead atoms. The number of hydrogen-bond acceptors (Lipinski definition) is 6. The van der Waals surface area contributed by atoms with Gasteiger partial charge >= 0.3 is 5.63 Å². The van der Waals surface area contributed by atoms with Gasteiger partial charge in [0.05, 0.1) is 11.1 Å². The van der Waals surface area contributed by atoms with E-state index in [9.17, 15) is 14.7 Å². The molecule has 0 fully saturated rings. The lowest BCUT2D eigenvalue weighted by Crippen LogP contribution is -2.21. The molecule has 3 rings (SSSR count). The Hall–Kier alpha value is -3.25. The van der Waals surface area contributed by atoms with Gasteiger partial charge in [-0.1, -0.05) is 36.4 Å². The van der Waals surface area contributed by atoms with Gasteiger partial charge in [-0.3, -0.25) is 10.2 Å². The first-order valence-electron chi connectivity index (χ1n) is 8.54.